The zero-order valence-electron chi connectivity index (χ0n) is 21.4. The van der Waals surface area contributed by atoms with Gasteiger partial charge in [0.15, 0.2) is 23.4 Å². The molecule has 0 aromatic heterocycles. The fourth-order valence-electron chi connectivity index (χ4n) is 5.24. The summed E-state index contributed by atoms with van der Waals surface area (Å²) in [7, 11) is 0. The lowest BCUT2D eigenvalue weighted by atomic mass is 9.87. The lowest BCUT2D eigenvalue weighted by molar-refractivity contribution is -0.221. The summed E-state index contributed by atoms with van der Waals surface area (Å²) in [5, 5.41) is 29.4. The van der Waals surface area contributed by atoms with Crippen LogP contribution in [0.1, 0.15) is 32.7 Å². The van der Waals surface area contributed by atoms with Gasteiger partial charge in [0.25, 0.3) is 5.91 Å². The van der Waals surface area contributed by atoms with E-state index in [0.29, 0.717) is 16.7 Å². The molecule has 40 heavy (non-hydrogen) atoms. The number of benzene rings is 2. The Hall–Kier alpha value is -4.69. The van der Waals surface area contributed by atoms with E-state index in [0.717, 1.165) is 0 Å². The number of amides is 2. The number of ether oxygens (including phenoxy) is 1. The quantitative estimate of drug-likeness (QED) is 0.114. The van der Waals surface area contributed by atoms with E-state index in [2.05, 4.69) is 25.9 Å². The highest BCUT2D eigenvalue weighted by molar-refractivity contribution is 6.09. The number of guanidine groups is 2. The van der Waals surface area contributed by atoms with Crippen molar-refractivity contribution in [2.24, 2.45) is 21.5 Å². The minimum atomic E-state index is -2.20. The summed E-state index contributed by atoms with van der Waals surface area (Å²) < 4.78 is 5.27. The largest absolute Gasteiger partial charge is 0.447 e. The average Bonchev–Trinajstić information content (AvgIpc) is 3.45. The molecule has 3 aliphatic heterocycles. The van der Waals surface area contributed by atoms with Crippen LogP contribution in [-0.2, 0) is 4.74 Å². The number of alkyl carbamates (subject to hydrolysis) is 1. The predicted molar refractivity (Wildman–Crippen MR) is 143 cm³/mol. The number of aliphatic imine (C=N–C) groups is 2. The van der Waals surface area contributed by atoms with Crippen LogP contribution in [0.25, 0.3) is 0 Å². The number of aliphatic hydroxyl groups is 2. The van der Waals surface area contributed by atoms with Crippen molar-refractivity contribution in [1.29, 1.82) is 0 Å². The standard InChI is InChI=1S/C26H30N8O6/c27-22-32-20-18(31-23(28)34-13-10-25(38,39)26(20,34)33-22)14-40-24(37)30-12-11-29-21(36)17-8-6-16(7-9-17)19(35)15-4-2-1-3-5-15/h1-9,18,20,38-39H,10-14H2,(H2,28,31)(H,29,36)(H,30,37)(H3,27,32,33). The second-order valence-corrected chi connectivity index (χ2v) is 9.68. The molecule has 2 aromatic carbocycles. The van der Waals surface area contributed by atoms with E-state index in [9.17, 15) is 24.6 Å². The zero-order chi connectivity index (χ0) is 28.5. The number of carbonyl (C=O) groups excluding carboxylic acids is 3. The molecular weight excluding hydrogens is 520 g/mol. The van der Waals surface area contributed by atoms with Crippen molar-refractivity contribution < 1.29 is 29.3 Å². The number of hydrogen-bond donors (Lipinski definition) is 7. The first-order valence-corrected chi connectivity index (χ1v) is 12.7. The van der Waals surface area contributed by atoms with Gasteiger partial charge in [-0.25, -0.2) is 14.8 Å². The molecule has 3 atom stereocenters. The van der Waals surface area contributed by atoms with Gasteiger partial charge in [0, 0.05) is 42.7 Å². The molecule has 3 heterocycles. The summed E-state index contributed by atoms with van der Waals surface area (Å²) in [5.74, 6) is -2.66. The summed E-state index contributed by atoms with van der Waals surface area (Å²) in [6.07, 6.45) is -0.775. The minimum Gasteiger partial charge on any atom is -0.447 e. The van der Waals surface area contributed by atoms with Gasteiger partial charge in [-0.3, -0.25) is 9.59 Å². The Labute approximate surface area is 229 Å². The van der Waals surface area contributed by atoms with E-state index in [4.69, 9.17) is 16.2 Å². The van der Waals surface area contributed by atoms with Crippen LogP contribution in [0.4, 0.5) is 4.79 Å². The van der Waals surface area contributed by atoms with Crippen LogP contribution < -0.4 is 27.4 Å². The number of carbonyl (C=O) groups is 3. The third kappa shape index (κ3) is 4.78. The molecule has 3 aliphatic rings. The van der Waals surface area contributed by atoms with Crippen LogP contribution in [0.15, 0.2) is 64.6 Å². The predicted octanol–water partition coefficient (Wildman–Crippen LogP) is -1.56. The van der Waals surface area contributed by atoms with Gasteiger partial charge < -0.3 is 47.3 Å². The van der Waals surface area contributed by atoms with Crippen LogP contribution in [0.3, 0.4) is 0 Å². The molecule has 1 spiro atoms. The molecule has 14 heteroatoms. The molecule has 2 aromatic rings. The van der Waals surface area contributed by atoms with Gasteiger partial charge in [-0.05, 0) is 12.1 Å². The highest BCUT2D eigenvalue weighted by Gasteiger charge is 2.69. The smallest absolute Gasteiger partial charge is 0.407 e. The second-order valence-electron chi connectivity index (χ2n) is 9.68. The summed E-state index contributed by atoms with van der Waals surface area (Å²) in [6, 6.07) is 13.5. The van der Waals surface area contributed by atoms with Crippen LogP contribution in [0.2, 0.25) is 0 Å². The number of rotatable bonds is 8. The highest BCUT2D eigenvalue weighted by atomic mass is 16.5. The van der Waals surface area contributed by atoms with Gasteiger partial charge in [-0.1, -0.05) is 42.5 Å². The Bertz CT molecular complexity index is 1360. The molecule has 210 valence electrons. The van der Waals surface area contributed by atoms with Crippen molar-refractivity contribution >= 4 is 29.7 Å². The molecule has 14 nitrogen and oxygen atoms in total. The van der Waals surface area contributed by atoms with Gasteiger partial charge in [-0.15, -0.1) is 0 Å². The van der Waals surface area contributed by atoms with Crippen LogP contribution in [0.5, 0.6) is 0 Å². The SMILES string of the molecule is NC1=NC2C(COC(=O)NCCNC(=O)c3ccc(C(=O)c4ccccc4)cc3)N=C(N)N3CCC(O)(O)C23N1. The molecule has 0 bridgehead atoms. The third-order valence-electron chi connectivity index (χ3n) is 7.19. The Balaban J connectivity index is 1.08. The van der Waals surface area contributed by atoms with Crippen molar-refractivity contribution in [2.75, 3.05) is 26.2 Å². The molecule has 1 saturated heterocycles. The number of nitrogens with two attached hydrogens (primary N) is 2. The first kappa shape index (κ1) is 26.9. The van der Waals surface area contributed by atoms with E-state index in [-0.39, 0.29) is 56.3 Å². The molecular formula is C26H30N8O6. The normalized spacial score (nSPS) is 24.1. The number of hydrogen-bond acceptors (Lipinski definition) is 12. The minimum absolute atomic E-state index is 0.00287. The summed E-state index contributed by atoms with van der Waals surface area (Å²) in [6.45, 7) is 0.178. The molecule has 0 saturated carbocycles. The van der Waals surface area contributed by atoms with Crippen molar-refractivity contribution in [2.45, 2.75) is 30.0 Å². The first-order chi connectivity index (χ1) is 19.1. The van der Waals surface area contributed by atoms with Crippen molar-refractivity contribution in [3.63, 3.8) is 0 Å². The average molecular weight is 551 g/mol. The van der Waals surface area contributed by atoms with Gasteiger partial charge in [0.2, 0.25) is 5.79 Å². The van der Waals surface area contributed by atoms with Crippen LogP contribution in [-0.4, -0.2) is 94.6 Å². The summed E-state index contributed by atoms with van der Waals surface area (Å²) in [5.41, 5.74) is 11.8. The van der Waals surface area contributed by atoms with E-state index < -0.39 is 29.6 Å². The number of nitrogens with one attached hydrogen (secondary N) is 3. The Morgan fingerprint density at radius 1 is 0.975 bits per heavy atom. The second kappa shape index (κ2) is 10.5. The summed E-state index contributed by atoms with van der Waals surface area (Å²) in [4.78, 5) is 47.3. The monoisotopic (exact) mass is 550 g/mol. The molecule has 0 aliphatic carbocycles. The molecule has 2 amide bonds. The van der Waals surface area contributed by atoms with Crippen molar-refractivity contribution in [3.8, 4) is 0 Å². The number of ketones is 1. The fourth-order valence-corrected chi connectivity index (χ4v) is 5.24. The maximum atomic E-state index is 12.5. The van der Waals surface area contributed by atoms with Gasteiger partial charge in [0.1, 0.15) is 18.7 Å². The van der Waals surface area contributed by atoms with Crippen molar-refractivity contribution in [1.82, 2.24) is 20.9 Å². The van der Waals surface area contributed by atoms with Crippen molar-refractivity contribution in [3.05, 3.63) is 71.3 Å². The van der Waals surface area contributed by atoms with E-state index in [1.54, 1.807) is 48.5 Å². The van der Waals surface area contributed by atoms with E-state index in [1.807, 2.05) is 6.07 Å². The maximum absolute atomic E-state index is 12.5. The molecule has 3 unspecified atom stereocenters. The molecule has 1 fully saturated rings. The number of nitrogens with zero attached hydrogens (tertiary/aromatic N) is 3. The maximum Gasteiger partial charge on any atom is 0.407 e. The van der Waals surface area contributed by atoms with Crippen LogP contribution >= 0.6 is 0 Å². The van der Waals surface area contributed by atoms with Gasteiger partial charge >= 0.3 is 6.09 Å². The van der Waals surface area contributed by atoms with E-state index >= 15 is 0 Å². The van der Waals surface area contributed by atoms with E-state index in [1.165, 1.54) is 4.90 Å². The topological polar surface area (TPSA) is 217 Å². The Morgan fingerprint density at radius 2 is 1.62 bits per heavy atom. The third-order valence-corrected chi connectivity index (χ3v) is 7.19. The molecule has 0 radical (unpaired) electrons. The lowest BCUT2D eigenvalue weighted by Crippen LogP contribution is -2.76. The first-order valence-electron chi connectivity index (χ1n) is 12.7. The van der Waals surface area contributed by atoms with Crippen LogP contribution in [0, 0.1) is 0 Å². The fraction of sp³-hybridized carbons (Fsp3) is 0.346. The highest BCUT2D eigenvalue weighted by Crippen LogP contribution is 2.44. The van der Waals surface area contributed by atoms with Gasteiger partial charge in [0.05, 0.1) is 0 Å². The summed E-state index contributed by atoms with van der Waals surface area (Å²) >= 11 is 0. The van der Waals surface area contributed by atoms with Gasteiger partial charge in [-0.2, -0.15) is 0 Å². The molecule has 5 rings (SSSR count). The zero-order valence-corrected chi connectivity index (χ0v) is 21.4. The Kier molecular flexibility index (Phi) is 7.04. The lowest BCUT2D eigenvalue weighted by Gasteiger charge is -2.48. The Morgan fingerprint density at radius 3 is 2.35 bits per heavy atom. The molecule has 9 N–H and O–H groups in total.